The zero-order valence-electron chi connectivity index (χ0n) is 12.1. The van der Waals surface area contributed by atoms with Crippen molar-refractivity contribution in [3.05, 3.63) is 75.2 Å². The summed E-state index contributed by atoms with van der Waals surface area (Å²) in [6, 6.07) is 11.8. The van der Waals surface area contributed by atoms with Gasteiger partial charge >= 0.3 is 0 Å². The quantitative estimate of drug-likeness (QED) is 0.549. The zero-order valence-corrected chi connectivity index (χ0v) is 15.2. The number of ether oxygens (including phenoxy) is 1. The molecule has 0 aliphatic heterocycles. The van der Waals surface area contributed by atoms with E-state index >= 15 is 0 Å². The van der Waals surface area contributed by atoms with E-state index < -0.39 is 6.23 Å². The number of halogens is 3. The molecule has 0 bridgehead atoms. The highest BCUT2D eigenvalue weighted by molar-refractivity contribution is 9.10. The largest absolute Gasteiger partial charge is 0.461 e. The molecule has 0 spiro atoms. The van der Waals surface area contributed by atoms with Gasteiger partial charge in [-0.05, 0) is 36.4 Å². The van der Waals surface area contributed by atoms with Gasteiger partial charge in [0, 0.05) is 15.1 Å². The van der Waals surface area contributed by atoms with Crippen LogP contribution in [-0.4, -0.2) is 20.5 Å². The van der Waals surface area contributed by atoms with Crippen LogP contribution in [0.1, 0.15) is 16.6 Å². The number of ketones is 1. The molecule has 0 saturated carbocycles. The Morgan fingerprint density at radius 1 is 1.21 bits per heavy atom. The summed E-state index contributed by atoms with van der Waals surface area (Å²) in [5.41, 5.74) is 0.288. The number of nitrogens with zero attached hydrogens (tertiary/aromatic N) is 3. The van der Waals surface area contributed by atoms with Crippen molar-refractivity contribution in [1.29, 1.82) is 0 Å². The second-order valence-electron chi connectivity index (χ2n) is 4.79. The van der Waals surface area contributed by atoms with Gasteiger partial charge in [-0.25, -0.2) is 9.67 Å². The standard InChI is InChI=1S/C16H10BrCl2N3O2/c17-10-2-1-3-12(6-10)24-16(22-9-20-8-21-22)15(23)13-5-4-11(18)7-14(13)19/h1-9,16H. The number of carbonyl (C=O) groups excluding carboxylic acids is 1. The molecule has 122 valence electrons. The van der Waals surface area contributed by atoms with Gasteiger partial charge in [0.2, 0.25) is 5.78 Å². The monoisotopic (exact) mass is 425 g/mol. The van der Waals surface area contributed by atoms with Crippen LogP contribution in [0, 0.1) is 0 Å². The first-order chi connectivity index (χ1) is 11.5. The molecule has 2 aromatic carbocycles. The Bertz CT molecular complexity index is 872. The molecule has 24 heavy (non-hydrogen) atoms. The van der Waals surface area contributed by atoms with Crippen molar-refractivity contribution in [2.75, 3.05) is 0 Å². The van der Waals surface area contributed by atoms with Gasteiger partial charge in [-0.1, -0.05) is 45.2 Å². The number of hydrogen-bond acceptors (Lipinski definition) is 4. The van der Waals surface area contributed by atoms with Crippen molar-refractivity contribution < 1.29 is 9.53 Å². The molecular formula is C16H10BrCl2N3O2. The molecule has 1 heterocycles. The van der Waals surface area contributed by atoms with E-state index in [0.29, 0.717) is 10.8 Å². The topological polar surface area (TPSA) is 57.0 Å². The van der Waals surface area contributed by atoms with E-state index in [0.717, 1.165) is 4.47 Å². The Hall–Kier alpha value is -1.89. The van der Waals surface area contributed by atoms with Crippen LogP contribution in [-0.2, 0) is 0 Å². The van der Waals surface area contributed by atoms with Gasteiger partial charge in [0.25, 0.3) is 6.23 Å². The minimum Gasteiger partial charge on any atom is -0.461 e. The number of benzene rings is 2. The summed E-state index contributed by atoms with van der Waals surface area (Å²) in [5, 5.41) is 4.70. The highest BCUT2D eigenvalue weighted by Gasteiger charge is 2.26. The van der Waals surface area contributed by atoms with E-state index in [1.807, 2.05) is 6.07 Å². The van der Waals surface area contributed by atoms with Gasteiger partial charge in [0.05, 0.1) is 5.02 Å². The lowest BCUT2D eigenvalue weighted by Crippen LogP contribution is -2.26. The third-order valence-electron chi connectivity index (χ3n) is 3.14. The van der Waals surface area contributed by atoms with Gasteiger partial charge in [-0.3, -0.25) is 4.79 Å². The summed E-state index contributed by atoms with van der Waals surface area (Å²) in [6.45, 7) is 0. The molecule has 3 rings (SSSR count). The molecule has 3 aromatic rings. The van der Waals surface area contributed by atoms with Crippen LogP contribution in [0.3, 0.4) is 0 Å². The molecule has 1 atom stereocenters. The molecule has 0 N–H and O–H groups in total. The average Bonchev–Trinajstić information content (AvgIpc) is 3.06. The predicted octanol–water partition coefficient (Wildman–Crippen LogP) is 4.81. The van der Waals surface area contributed by atoms with Gasteiger partial charge < -0.3 is 4.74 Å². The molecule has 0 aliphatic rings. The van der Waals surface area contributed by atoms with Gasteiger partial charge in [0.1, 0.15) is 18.4 Å². The first-order valence-corrected chi connectivity index (χ1v) is 8.35. The van der Waals surface area contributed by atoms with Crippen molar-refractivity contribution in [3.8, 4) is 5.75 Å². The SMILES string of the molecule is O=C(c1ccc(Cl)cc1Cl)C(Oc1cccc(Br)c1)n1cncn1. The van der Waals surface area contributed by atoms with E-state index in [2.05, 4.69) is 26.0 Å². The van der Waals surface area contributed by atoms with Crippen molar-refractivity contribution in [2.24, 2.45) is 0 Å². The fraction of sp³-hybridized carbons (Fsp3) is 0.0625. The van der Waals surface area contributed by atoms with E-state index in [1.165, 1.54) is 23.4 Å². The molecule has 8 heteroatoms. The van der Waals surface area contributed by atoms with Gasteiger partial charge in [-0.2, -0.15) is 5.10 Å². The lowest BCUT2D eigenvalue weighted by atomic mass is 10.1. The lowest BCUT2D eigenvalue weighted by molar-refractivity contribution is 0.0619. The zero-order chi connectivity index (χ0) is 17.1. The summed E-state index contributed by atoms with van der Waals surface area (Å²) in [7, 11) is 0. The van der Waals surface area contributed by atoms with Crippen molar-refractivity contribution in [3.63, 3.8) is 0 Å². The van der Waals surface area contributed by atoms with Crippen molar-refractivity contribution in [2.45, 2.75) is 6.23 Å². The highest BCUT2D eigenvalue weighted by atomic mass is 79.9. The van der Waals surface area contributed by atoms with Crippen molar-refractivity contribution in [1.82, 2.24) is 14.8 Å². The van der Waals surface area contributed by atoms with Crippen LogP contribution in [0.5, 0.6) is 5.75 Å². The maximum Gasteiger partial charge on any atom is 0.256 e. The molecule has 1 aromatic heterocycles. The van der Waals surface area contributed by atoms with E-state index in [-0.39, 0.29) is 16.4 Å². The summed E-state index contributed by atoms with van der Waals surface area (Å²) >= 11 is 15.4. The maximum atomic E-state index is 12.9. The fourth-order valence-corrected chi connectivity index (χ4v) is 2.94. The molecule has 1 unspecified atom stereocenters. The molecule has 0 aliphatic carbocycles. The summed E-state index contributed by atoms with van der Waals surface area (Å²) in [6.07, 6.45) is 1.69. The van der Waals surface area contributed by atoms with Crippen LogP contribution in [0.15, 0.2) is 59.6 Å². The second kappa shape index (κ2) is 7.34. The highest BCUT2D eigenvalue weighted by Crippen LogP contribution is 2.27. The van der Waals surface area contributed by atoms with Crippen LogP contribution >= 0.6 is 39.1 Å². The molecule has 0 radical (unpaired) electrons. The first-order valence-electron chi connectivity index (χ1n) is 6.80. The number of aromatic nitrogens is 3. The third kappa shape index (κ3) is 3.77. The predicted molar refractivity (Wildman–Crippen MR) is 94.6 cm³/mol. The first kappa shape index (κ1) is 17.0. The maximum absolute atomic E-state index is 12.9. The normalized spacial score (nSPS) is 12.0. The van der Waals surface area contributed by atoms with E-state index in [4.69, 9.17) is 27.9 Å². The number of Topliss-reactive ketones (excluding diaryl/α,β-unsaturated/α-hetero) is 1. The molecule has 0 amide bonds. The second-order valence-corrected chi connectivity index (χ2v) is 6.55. The molecule has 0 saturated heterocycles. The summed E-state index contributed by atoms with van der Waals surface area (Å²) in [5.74, 6) is 0.144. The van der Waals surface area contributed by atoms with Gasteiger partial charge in [0.15, 0.2) is 0 Å². The van der Waals surface area contributed by atoms with Crippen LogP contribution in [0.25, 0.3) is 0 Å². The molecular weight excluding hydrogens is 417 g/mol. The van der Waals surface area contributed by atoms with Crippen LogP contribution in [0.4, 0.5) is 0 Å². The number of hydrogen-bond donors (Lipinski definition) is 0. The minimum absolute atomic E-state index is 0.246. The smallest absolute Gasteiger partial charge is 0.256 e. The van der Waals surface area contributed by atoms with Crippen LogP contribution in [0.2, 0.25) is 10.0 Å². The number of carbonyl (C=O) groups is 1. The van der Waals surface area contributed by atoms with E-state index in [1.54, 1.807) is 30.3 Å². The van der Waals surface area contributed by atoms with Crippen LogP contribution < -0.4 is 4.74 Å². The Morgan fingerprint density at radius 2 is 2.04 bits per heavy atom. The Balaban J connectivity index is 1.97. The fourth-order valence-electron chi connectivity index (χ4n) is 2.06. The summed E-state index contributed by atoms with van der Waals surface area (Å²) < 4.78 is 7.99. The average molecular weight is 427 g/mol. The summed E-state index contributed by atoms with van der Waals surface area (Å²) in [4.78, 5) is 16.8. The molecule has 5 nitrogen and oxygen atoms in total. The van der Waals surface area contributed by atoms with Gasteiger partial charge in [-0.15, -0.1) is 0 Å². The Morgan fingerprint density at radius 3 is 2.71 bits per heavy atom. The number of rotatable bonds is 5. The Labute approximate surface area is 156 Å². The molecule has 0 fully saturated rings. The third-order valence-corrected chi connectivity index (χ3v) is 4.18. The Kier molecular flexibility index (Phi) is 5.18. The minimum atomic E-state index is -1.04. The van der Waals surface area contributed by atoms with E-state index in [9.17, 15) is 4.79 Å². The lowest BCUT2D eigenvalue weighted by Gasteiger charge is -2.18. The van der Waals surface area contributed by atoms with Crippen molar-refractivity contribution >= 4 is 44.9 Å².